The Bertz CT molecular complexity index is 964. The Balaban J connectivity index is 1.83. The molecule has 0 aliphatic rings. The highest BCUT2D eigenvalue weighted by molar-refractivity contribution is 9.11. The molecule has 2 N–H and O–H groups in total. The maximum Gasteiger partial charge on any atom is 0.277 e. The molecule has 2 rings (SSSR count). The van der Waals surface area contributed by atoms with E-state index in [4.69, 9.17) is 16.3 Å². The standard InChI is InChI=1S/C20H20Br2ClN3O3/c1-11-7-18(16(22)9-15(11)21)29-10-20(28)26-25-13(3)8-19(27)24-17-5-4-14(23)6-12(17)2/h4-7,9H,8,10H2,1-3H3,(H,24,27)(H,26,28)/b25-13-. The summed E-state index contributed by atoms with van der Waals surface area (Å²) in [6.45, 7) is 5.23. The van der Waals surface area contributed by atoms with Crippen molar-refractivity contribution >= 4 is 66.7 Å². The monoisotopic (exact) mass is 543 g/mol. The molecule has 2 aromatic rings. The lowest BCUT2D eigenvalue weighted by Crippen LogP contribution is -2.26. The smallest absolute Gasteiger partial charge is 0.277 e. The lowest BCUT2D eigenvalue weighted by atomic mass is 10.2. The minimum absolute atomic E-state index is 0.0423. The predicted molar refractivity (Wildman–Crippen MR) is 123 cm³/mol. The van der Waals surface area contributed by atoms with Crippen molar-refractivity contribution < 1.29 is 14.3 Å². The molecule has 0 aromatic heterocycles. The molecule has 2 amide bonds. The van der Waals surface area contributed by atoms with Crippen LogP contribution in [0.15, 0.2) is 44.4 Å². The second kappa shape index (κ2) is 10.8. The zero-order chi connectivity index (χ0) is 21.6. The van der Waals surface area contributed by atoms with Crippen molar-refractivity contribution in [3.05, 3.63) is 55.4 Å². The molecule has 0 aliphatic heterocycles. The van der Waals surface area contributed by atoms with E-state index in [-0.39, 0.29) is 18.9 Å². The first kappa shape index (κ1) is 23.4. The lowest BCUT2D eigenvalue weighted by molar-refractivity contribution is -0.123. The number of hydrazone groups is 1. The number of nitrogens with zero attached hydrogens (tertiary/aromatic N) is 1. The van der Waals surface area contributed by atoms with Gasteiger partial charge in [-0.25, -0.2) is 5.43 Å². The van der Waals surface area contributed by atoms with Gasteiger partial charge in [-0.3, -0.25) is 9.59 Å². The van der Waals surface area contributed by atoms with Gasteiger partial charge in [0.1, 0.15) is 5.75 Å². The van der Waals surface area contributed by atoms with Crippen LogP contribution in [-0.4, -0.2) is 24.1 Å². The SMILES string of the molecule is C/C(CC(=O)Nc1ccc(Cl)cc1C)=N/NC(=O)COc1cc(C)c(Br)cc1Br. The number of nitrogens with one attached hydrogen (secondary N) is 2. The summed E-state index contributed by atoms with van der Waals surface area (Å²) in [5.41, 5.74) is 5.38. The van der Waals surface area contributed by atoms with Crippen molar-refractivity contribution in [2.75, 3.05) is 11.9 Å². The van der Waals surface area contributed by atoms with Gasteiger partial charge in [0, 0.05) is 20.9 Å². The quantitative estimate of drug-likeness (QED) is 0.362. The lowest BCUT2D eigenvalue weighted by Gasteiger charge is -2.10. The molecule has 0 bridgehead atoms. The number of rotatable bonds is 7. The number of aryl methyl sites for hydroxylation is 2. The van der Waals surface area contributed by atoms with Gasteiger partial charge in [0.05, 0.1) is 10.9 Å². The van der Waals surface area contributed by atoms with E-state index < -0.39 is 5.91 Å². The summed E-state index contributed by atoms with van der Waals surface area (Å²) in [6.07, 6.45) is 0.0423. The summed E-state index contributed by atoms with van der Waals surface area (Å²) in [6, 6.07) is 8.88. The molecule has 0 heterocycles. The Kier molecular flexibility index (Phi) is 8.67. The van der Waals surface area contributed by atoms with Crippen LogP contribution >= 0.6 is 43.5 Å². The largest absolute Gasteiger partial charge is 0.483 e. The molecule has 0 unspecified atom stereocenters. The Morgan fingerprint density at radius 3 is 2.48 bits per heavy atom. The number of hydrogen-bond acceptors (Lipinski definition) is 4. The van der Waals surface area contributed by atoms with Crippen molar-refractivity contribution in [3.63, 3.8) is 0 Å². The number of carbonyl (C=O) groups is 2. The van der Waals surface area contributed by atoms with E-state index in [1.807, 2.05) is 26.0 Å². The number of anilines is 1. The third kappa shape index (κ3) is 7.45. The van der Waals surface area contributed by atoms with Crippen LogP contribution in [0, 0.1) is 13.8 Å². The molecule has 0 fully saturated rings. The molecule has 0 saturated carbocycles. The van der Waals surface area contributed by atoms with E-state index in [0.29, 0.717) is 22.2 Å². The third-order valence-electron chi connectivity index (χ3n) is 3.82. The number of hydrogen-bond donors (Lipinski definition) is 2. The normalized spacial score (nSPS) is 11.2. The van der Waals surface area contributed by atoms with Crippen molar-refractivity contribution in [1.29, 1.82) is 0 Å². The fourth-order valence-electron chi connectivity index (χ4n) is 2.31. The minimum atomic E-state index is -0.425. The van der Waals surface area contributed by atoms with Crippen LogP contribution in [0.25, 0.3) is 0 Å². The first-order chi connectivity index (χ1) is 13.7. The molecule has 9 heteroatoms. The molecule has 6 nitrogen and oxygen atoms in total. The molecule has 0 radical (unpaired) electrons. The summed E-state index contributed by atoms with van der Waals surface area (Å²) in [5.74, 6) is -0.110. The summed E-state index contributed by atoms with van der Waals surface area (Å²) in [5, 5.41) is 7.34. The molecule has 0 atom stereocenters. The van der Waals surface area contributed by atoms with Gasteiger partial charge in [0.2, 0.25) is 5.91 Å². The zero-order valence-electron chi connectivity index (χ0n) is 16.1. The average Bonchev–Trinajstić information content (AvgIpc) is 2.64. The van der Waals surface area contributed by atoms with Gasteiger partial charge in [0.25, 0.3) is 5.91 Å². The molecule has 29 heavy (non-hydrogen) atoms. The number of amides is 2. The van der Waals surface area contributed by atoms with E-state index in [1.165, 1.54) is 0 Å². The molecule has 0 saturated heterocycles. The molecule has 154 valence electrons. The Morgan fingerprint density at radius 1 is 1.07 bits per heavy atom. The first-order valence-electron chi connectivity index (χ1n) is 8.62. The fourth-order valence-corrected chi connectivity index (χ4v) is 3.64. The first-order valence-corrected chi connectivity index (χ1v) is 10.6. The van der Waals surface area contributed by atoms with Crippen LogP contribution in [0.4, 0.5) is 5.69 Å². The van der Waals surface area contributed by atoms with Crippen LogP contribution in [0.3, 0.4) is 0 Å². The minimum Gasteiger partial charge on any atom is -0.483 e. The Hall–Kier alpha value is -1.90. The van der Waals surface area contributed by atoms with Crippen molar-refractivity contribution in [2.24, 2.45) is 5.10 Å². The van der Waals surface area contributed by atoms with Gasteiger partial charge < -0.3 is 10.1 Å². The molecule has 0 aliphatic carbocycles. The van der Waals surface area contributed by atoms with Crippen molar-refractivity contribution in [1.82, 2.24) is 5.43 Å². The van der Waals surface area contributed by atoms with Crippen molar-refractivity contribution in [3.8, 4) is 5.75 Å². The number of halogens is 3. The van der Waals surface area contributed by atoms with Gasteiger partial charge in [-0.2, -0.15) is 5.10 Å². The maximum atomic E-state index is 12.1. The van der Waals surface area contributed by atoms with Crippen molar-refractivity contribution in [2.45, 2.75) is 27.2 Å². The number of carbonyl (C=O) groups excluding carboxylic acids is 2. The van der Waals surface area contributed by atoms with Gasteiger partial charge in [0.15, 0.2) is 6.61 Å². The van der Waals surface area contributed by atoms with Gasteiger partial charge in [-0.15, -0.1) is 0 Å². The van der Waals surface area contributed by atoms with E-state index in [2.05, 4.69) is 47.7 Å². The van der Waals surface area contributed by atoms with E-state index in [0.717, 1.165) is 20.1 Å². The van der Waals surface area contributed by atoms with Gasteiger partial charge >= 0.3 is 0 Å². The summed E-state index contributed by atoms with van der Waals surface area (Å²) in [4.78, 5) is 24.1. The van der Waals surface area contributed by atoms with Gasteiger partial charge in [-0.05, 0) is 78.2 Å². The van der Waals surface area contributed by atoms with E-state index >= 15 is 0 Å². The highest BCUT2D eigenvalue weighted by atomic mass is 79.9. The Labute approximate surface area is 191 Å². The fraction of sp³-hybridized carbons (Fsp3) is 0.250. The molecular weight excluding hydrogens is 525 g/mol. The highest BCUT2D eigenvalue weighted by Crippen LogP contribution is 2.31. The second-order valence-electron chi connectivity index (χ2n) is 6.39. The van der Waals surface area contributed by atoms with Crippen LogP contribution in [0.2, 0.25) is 5.02 Å². The molecule has 2 aromatic carbocycles. The highest BCUT2D eigenvalue weighted by Gasteiger charge is 2.10. The van der Waals surface area contributed by atoms with Crippen LogP contribution in [0.5, 0.6) is 5.75 Å². The van der Waals surface area contributed by atoms with E-state index in [1.54, 1.807) is 25.1 Å². The predicted octanol–water partition coefficient (Wildman–Crippen LogP) is 5.38. The average molecular weight is 546 g/mol. The van der Waals surface area contributed by atoms with Crippen LogP contribution < -0.4 is 15.5 Å². The summed E-state index contributed by atoms with van der Waals surface area (Å²) in [7, 11) is 0. The summed E-state index contributed by atoms with van der Waals surface area (Å²) < 4.78 is 7.18. The van der Waals surface area contributed by atoms with Crippen LogP contribution in [0.1, 0.15) is 24.5 Å². The maximum absolute atomic E-state index is 12.1. The number of ether oxygens (including phenoxy) is 1. The topological polar surface area (TPSA) is 79.8 Å². The molecule has 0 spiro atoms. The van der Waals surface area contributed by atoms with Gasteiger partial charge in [-0.1, -0.05) is 27.5 Å². The number of benzene rings is 2. The Morgan fingerprint density at radius 2 is 1.79 bits per heavy atom. The molecular formula is C20H20Br2ClN3O3. The van der Waals surface area contributed by atoms with Crippen LogP contribution in [-0.2, 0) is 9.59 Å². The third-order valence-corrected chi connectivity index (χ3v) is 5.53. The van der Waals surface area contributed by atoms with E-state index in [9.17, 15) is 9.59 Å². The summed E-state index contributed by atoms with van der Waals surface area (Å²) >= 11 is 12.7. The second-order valence-corrected chi connectivity index (χ2v) is 8.53. The zero-order valence-corrected chi connectivity index (χ0v) is 20.0.